The van der Waals surface area contributed by atoms with Crippen LogP contribution >= 0.6 is 11.6 Å². The number of hydrogen-bond acceptors (Lipinski definition) is 2. The summed E-state index contributed by atoms with van der Waals surface area (Å²) in [5.74, 6) is -1.17. The molecule has 0 aliphatic carbocycles. The summed E-state index contributed by atoms with van der Waals surface area (Å²) in [4.78, 5) is 10.2. The zero-order valence-electron chi connectivity index (χ0n) is 7.16. The van der Waals surface area contributed by atoms with Crippen molar-refractivity contribution in [2.75, 3.05) is 0 Å². The Morgan fingerprint density at radius 1 is 1.42 bits per heavy atom. The van der Waals surface area contributed by atoms with E-state index in [0.717, 1.165) is 12.8 Å². The molecule has 0 fully saturated rings. The standard InChI is InChI=1S/C8H15ClO3/c1-2-3-6(9)4-5-7(10)8(11)12/h6-7,10H,2-5H2,1H3,(H,11,12)/t6-,7?/m0/s1. The van der Waals surface area contributed by atoms with Gasteiger partial charge in [-0.2, -0.15) is 0 Å². The second kappa shape index (κ2) is 6.26. The third kappa shape index (κ3) is 5.38. The molecule has 0 saturated carbocycles. The lowest BCUT2D eigenvalue weighted by Gasteiger charge is -2.09. The van der Waals surface area contributed by atoms with E-state index >= 15 is 0 Å². The summed E-state index contributed by atoms with van der Waals surface area (Å²) in [6.07, 6.45) is 1.39. The van der Waals surface area contributed by atoms with Crippen LogP contribution in [0.15, 0.2) is 0 Å². The fraction of sp³-hybridized carbons (Fsp3) is 0.875. The highest BCUT2D eigenvalue weighted by atomic mass is 35.5. The number of aliphatic carboxylic acids is 1. The van der Waals surface area contributed by atoms with Crippen molar-refractivity contribution in [3.8, 4) is 0 Å². The van der Waals surface area contributed by atoms with Crippen LogP contribution in [0, 0.1) is 0 Å². The highest BCUT2D eigenvalue weighted by molar-refractivity contribution is 6.20. The number of halogens is 1. The highest BCUT2D eigenvalue weighted by Crippen LogP contribution is 2.13. The minimum absolute atomic E-state index is 0.0102. The van der Waals surface area contributed by atoms with Crippen LogP contribution in [-0.2, 0) is 4.79 Å². The van der Waals surface area contributed by atoms with Crippen LogP contribution in [0.5, 0.6) is 0 Å². The Bertz CT molecular complexity index is 138. The molecular formula is C8H15ClO3. The monoisotopic (exact) mass is 194 g/mol. The summed E-state index contributed by atoms with van der Waals surface area (Å²) >= 11 is 5.83. The first-order valence-corrected chi connectivity index (χ1v) is 4.56. The van der Waals surface area contributed by atoms with Gasteiger partial charge in [0.1, 0.15) is 0 Å². The molecule has 0 aliphatic heterocycles. The largest absolute Gasteiger partial charge is 0.479 e. The van der Waals surface area contributed by atoms with Gasteiger partial charge in [0.15, 0.2) is 6.10 Å². The predicted molar refractivity (Wildman–Crippen MR) is 47.4 cm³/mol. The molecule has 0 amide bonds. The molecule has 2 atom stereocenters. The minimum Gasteiger partial charge on any atom is -0.479 e. The maximum absolute atomic E-state index is 10.2. The molecule has 0 saturated heterocycles. The van der Waals surface area contributed by atoms with E-state index in [0.29, 0.717) is 6.42 Å². The number of carboxylic acids is 1. The molecule has 0 aromatic carbocycles. The Labute approximate surface area is 77.3 Å². The first-order chi connectivity index (χ1) is 5.57. The van der Waals surface area contributed by atoms with Crippen molar-refractivity contribution in [3.63, 3.8) is 0 Å². The molecule has 72 valence electrons. The van der Waals surface area contributed by atoms with Crippen LogP contribution in [0.1, 0.15) is 32.6 Å². The molecule has 4 heteroatoms. The molecule has 0 heterocycles. The molecule has 1 unspecified atom stereocenters. The fourth-order valence-electron chi connectivity index (χ4n) is 0.920. The maximum atomic E-state index is 10.2. The topological polar surface area (TPSA) is 57.5 Å². The van der Waals surface area contributed by atoms with Gasteiger partial charge in [-0.3, -0.25) is 0 Å². The van der Waals surface area contributed by atoms with Gasteiger partial charge < -0.3 is 10.2 Å². The van der Waals surface area contributed by atoms with Crippen molar-refractivity contribution < 1.29 is 15.0 Å². The van der Waals surface area contributed by atoms with Gasteiger partial charge in [0, 0.05) is 5.38 Å². The summed E-state index contributed by atoms with van der Waals surface area (Å²) in [5, 5.41) is 17.2. The van der Waals surface area contributed by atoms with Gasteiger partial charge in [-0.15, -0.1) is 11.6 Å². The maximum Gasteiger partial charge on any atom is 0.332 e. The van der Waals surface area contributed by atoms with Gasteiger partial charge in [0.05, 0.1) is 0 Å². The molecule has 0 radical (unpaired) electrons. The van der Waals surface area contributed by atoms with Gasteiger partial charge in [0.2, 0.25) is 0 Å². The molecule has 0 bridgehead atoms. The average molecular weight is 195 g/mol. The molecule has 2 N–H and O–H groups in total. The van der Waals surface area contributed by atoms with Gasteiger partial charge >= 0.3 is 5.97 Å². The Balaban J connectivity index is 3.46. The molecule has 0 aromatic heterocycles. The normalized spacial score (nSPS) is 15.6. The van der Waals surface area contributed by atoms with Crippen LogP contribution < -0.4 is 0 Å². The minimum atomic E-state index is -1.26. The number of aliphatic hydroxyl groups is 1. The van der Waals surface area contributed by atoms with E-state index in [1.807, 2.05) is 6.92 Å². The molecule has 0 aliphatic rings. The van der Waals surface area contributed by atoms with Crippen LogP contribution in [0.2, 0.25) is 0 Å². The van der Waals surface area contributed by atoms with E-state index < -0.39 is 12.1 Å². The molecule has 12 heavy (non-hydrogen) atoms. The van der Waals surface area contributed by atoms with E-state index in [2.05, 4.69) is 0 Å². The van der Waals surface area contributed by atoms with Crippen LogP contribution in [0.4, 0.5) is 0 Å². The zero-order chi connectivity index (χ0) is 9.56. The van der Waals surface area contributed by atoms with Crippen molar-refractivity contribution in [1.29, 1.82) is 0 Å². The van der Waals surface area contributed by atoms with Crippen molar-refractivity contribution in [2.24, 2.45) is 0 Å². The van der Waals surface area contributed by atoms with E-state index in [9.17, 15) is 4.79 Å². The van der Waals surface area contributed by atoms with Crippen molar-refractivity contribution >= 4 is 17.6 Å². The summed E-state index contributed by atoms with van der Waals surface area (Å²) < 4.78 is 0. The summed E-state index contributed by atoms with van der Waals surface area (Å²) in [7, 11) is 0. The summed E-state index contributed by atoms with van der Waals surface area (Å²) in [6, 6.07) is 0. The van der Waals surface area contributed by atoms with E-state index in [1.165, 1.54) is 0 Å². The van der Waals surface area contributed by atoms with Crippen LogP contribution in [0.25, 0.3) is 0 Å². The quantitative estimate of drug-likeness (QED) is 0.632. The van der Waals surface area contributed by atoms with E-state index in [1.54, 1.807) is 0 Å². The lowest BCUT2D eigenvalue weighted by atomic mass is 10.1. The third-order valence-corrected chi connectivity index (χ3v) is 2.08. The summed E-state index contributed by atoms with van der Waals surface area (Å²) in [5.41, 5.74) is 0. The average Bonchev–Trinajstić information content (AvgIpc) is 2.00. The van der Waals surface area contributed by atoms with E-state index in [-0.39, 0.29) is 11.8 Å². The first kappa shape index (κ1) is 11.7. The van der Waals surface area contributed by atoms with Gasteiger partial charge in [-0.25, -0.2) is 4.79 Å². The number of aliphatic hydroxyl groups excluding tert-OH is 1. The number of alkyl halides is 1. The molecule has 0 spiro atoms. The zero-order valence-corrected chi connectivity index (χ0v) is 7.92. The molecule has 0 aromatic rings. The molecule has 0 rings (SSSR count). The summed E-state index contributed by atoms with van der Waals surface area (Å²) in [6.45, 7) is 2.02. The van der Waals surface area contributed by atoms with Crippen molar-refractivity contribution in [3.05, 3.63) is 0 Å². The van der Waals surface area contributed by atoms with E-state index in [4.69, 9.17) is 21.8 Å². The van der Waals surface area contributed by atoms with Gasteiger partial charge in [-0.05, 0) is 19.3 Å². The smallest absolute Gasteiger partial charge is 0.332 e. The highest BCUT2D eigenvalue weighted by Gasteiger charge is 2.14. The second-order valence-corrected chi connectivity index (χ2v) is 3.43. The first-order valence-electron chi connectivity index (χ1n) is 4.12. The molecule has 3 nitrogen and oxygen atoms in total. The van der Waals surface area contributed by atoms with Crippen molar-refractivity contribution in [1.82, 2.24) is 0 Å². The number of carbonyl (C=O) groups is 1. The lowest BCUT2D eigenvalue weighted by molar-refractivity contribution is -0.146. The van der Waals surface area contributed by atoms with Crippen LogP contribution in [0.3, 0.4) is 0 Å². The SMILES string of the molecule is CCC[C@H](Cl)CCC(O)C(=O)O. The second-order valence-electron chi connectivity index (χ2n) is 2.82. The fourth-order valence-corrected chi connectivity index (χ4v) is 1.26. The Kier molecular flexibility index (Phi) is 6.11. The lowest BCUT2D eigenvalue weighted by Crippen LogP contribution is -2.20. The number of hydrogen-bond donors (Lipinski definition) is 2. The predicted octanol–water partition coefficient (Wildman–Crippen LogP) is 1.62. The Morgan fingerprint density at radius 2 is 2.00 bits per heavy atom. The van der Waals surface area contributed by atoms with Crippen LogP contribution in [-0.4, -0.2) is 27.7 Å². The van der Waals surface area contributed by atoms with Gasteiger partial charge in [0.25, 0.3) is 0 Å². The third-order valence-electron chi connectivity index (χ3n) is 1.64. The Hall–Kier alpha value is -0.280. The molecular weight excluding hydrogens is 180 g/mol. The number of rotatable bonds is 6. The van der Waals surface area contributed by atoms with Crippen molar-refractivity contribution in [2.45, 2.75) is 44.1 Å². The van der Waals surface area contributed by atoms with Gasteiger partial charge in [-0.1, -0.05) is 13.3 Å². The Morgan fingerprint density at radius 3 is 2.42 bits per heavy atom. The number of carboxylic acid groups (broad SMARTS) is 1.